The summed E-state index contributed by atoms with van der Waals surface area (Å²) in [4.78, 5) is 0. The zero-order valence-corrected chi connectivity index (χ0v) is 8.02. The monoisotopic (exact) mass is 168 g/mol. The van der Waals surface area contributed by atoms with Gasteiger partial charge in [-0.25, -0.2) is 0 Å². The Labute approximate surface area is 73.9 Å². The van der Waals surface area contributed by atoms with Crippen molar-refractivity contribution in [2.45, 2.75) is 26.7 Å². The van der Waals surface area contributed by atoms with Gasteiger partial charge in [0.25, 0.3) is 0 Å². The molecular formula is C10H16O2. The molecule has 1 heterocycles. The van der Waals surface area contributed by atoms with Crippen molar-refractivity contribution in [3.63, 3.8) is 0 Å². The zero-order chi connectivity index (χ0) is 8.97. The first-order valence-electron chi connectivity index (χ1n) is 4.32. The quantitative estimate of drug-likeness (QED) is 0.560. The molecule has 0 amide bonds. The summed E-state index contributed by atoms with van der Waals surface area (Å²) in [5.41, 5.74) is 1.26. The van der Waals surface area contributed by atoms with Crippen LogP contribution in [-0.4, -0.2) is 13.7 Å². The third-order valence-electron chi connectivity index (χ3n) is 2.10. The molecule has 0 radical (unpaired) electrons. The number of hydrogen-bond donors (Lipinski definition) is 0. The molecule has 1 rings (SSSR count). The van der Waals surface area contributed by atoms with Crippen LogP contribution in [0.15, 0.2) is 23.2 Å². The Kier molecular flexibility index (Phi) is 3.20. The minimum Gasteiger partial charge on any atom is -0.498 e. The molecule has 1 aliphatic heterocycles. The van der Waals surface area contributed by atoms with Gasteiger partial charge in [-0.1, -0.05) is 6.08 Å². The number of rotatable bonds is 1. The second-order valence-corrected chi connectivity index (χ2v) is 2.86. The van der Waals surface area contributed by atoms with Gasteiger partial charge in [-0.05, 0) is 32.3 Å². The van der Waals surface area contributed by atoms with Crippen LogP contribution >= 0.6 is 0 Å². The van der Waals surface area contributed by atoms with E-state index in [2.05, 4.69) is 6.08 Å². The van der Waals surface area contributed by atoms with E-state index in [0.29, 0.717) is 0 Å². The Balaban J connectivity index is 2.85. The Morgan fingerprint density at radius 1 is 1.58 bits per heavy atom. The summed E-state index contributed by atoms with van der Waals surface area (Å²) in [5, 5.41) is 0. The van der Waals surface area contributed by atoms with Gasteiger partial charge in [0, 0.05) is 0 Å². The van der Waals surface area contributed by atoms with E-state index in [1.165, 1.54) is 5.57 Å². The van der Waals surface area contributed by atoms with Gasteiger partial charge in [0.15, 0.2) is 5.76 Å². The SMILES string of the molecule is C/C=C1\CCCO\C1=C(\C)OC. The lowest BCUT2D eigenvalue weighted by atomic mass is 10.1. The maximum absolute atomic E-state index is 5.52. The van der Waals surface area contributed by atoms with Crippen molar-refractivity contribution < 1.29 is 9.47 Å². The summed E-state index contributed by atoms with van der Waals surface area (Å²) < 4.78 is 10.7. The molecule has 0 aromatic carbocycles. The third kappa shape index (κ3) is 1.81. The fourth-order valence-electron chi connectivity index (χ4n) is 1.34. The van der Waals surface area contributed by atoms with Crippen LogP contribution in [0.1, 0.15) is 26.7 Å². The number of allylic oxidation sites excluding steroid dienone is 3. The third-order valence-corrected chi connectivity index (χ3v) is 2.10. The molecule has 0 saturated carbocycles. The van der Waals surface area contributed by atoms with Crippen LogP contribution in [0.2, 0.25) is 0 Å². The molecule has 1 aliphatic rings. The number of ether oxygens (including phenoxy) is 2. The fourth-order valence-corrected chi connectivity index (χ4v) is 1.34. The molecule has 0 aromatic heterocycles. The molecule has 1 saturated heterocycles. The van der Waals surface area contributed by atoms with E-state index in [1.807, 2.05) is 13.8 Å². The van der Waals surface area contributed by atoms with Gasteiger partial charge < -0.3 is 9.47 Å². The molecule has 0 N–H and O–H groups in total. The summed E-state index contributed by atoms with van der Waals surface area (Å²) in [6.07, 6.45) is 4.31. The average Bonchev–Trinajstić information content (AvgIpc) is 2.16. The fraction of sp³-hybridized carbons (Fsp3) is 0.600. The van der Waals surface area contributed by atoms with Crippen molar-refractivity contribution in [3.05, 3.63) is 23.2 Å². The van der Waals surface area contributed by atoms with Crippen molar-refractivity contribution >= 4 is 0 Å². The summed E-state index contributed by atoms with van der Waals surface area (Å²) >= 11 is 0. The van der Waals surface area contributed by atoms with E-state index in [9.17, 15) is 0 Å². The first-order valence-corrected chi connectivity index (χ1v) is 4.32. The summed E-state index contributed by atoms with van der Waals surface area (Å²) in [6.45, 7) is 4.78. The van der Waals surface area contributed by atoms with E-state index in [4.69, 9.17) is 9.47 Å². The highest BCUT2D eigenvalue weighted by Gasteiger charge is 2.15. The molecule has 68 valence electrons. The van der Waals surface area contributed by atoms with Crippen LogP contribution in [0.4, 0.5) is 0 Å². The van der Waals surface area contributed by atoms with Gasteiger partial charge in [-0.3, -0.25) is 0 Å². The Morgan fingerprint density at radius 3 is 2.92 bits per heavy atom. The second-order valence-electron chi connectivity index (χ2n) is 2.86. The van der Waals surface area contributed by atoms with Crippen molar-refractivity contribution in [2.75, 3.05) is 13.7 Å². The largest absolute Gasteiger partial charge is 0.498 e. The van der Waals surface area contributed by atoms with Crippen LogP contribution in [0.25, 0.3) is 0 Å². The predicted octanol–water partition coefficient (Wildman–Crippen LogP) is 2.62. The minimum absolute atomic E-state index is 0.813. The van der Waals surface area contributed by atoms with Gasteiger partial charge in [-0.15, -0.1) is 0 Å². The molecule has 0 spiro atoms. The van der Waals surface area contributed by atoms with E-state index < -0.39 is 0 Å². The summed E-state index contributed by atoms with van der Waals surface area (Å²) in [6, 6.07) is 0. The molecule has 0 unspecified atom stereocenters. The van der Waals surface area contributed by atoms with Gasteiger partial charge in [-0.2, -0.15) is 0 Å². The lowest BCUT2D eigenvalue weighted by molar-refractivity contribution is 0.164. The highest BCUT2D eigenvalue weighted by atomic mass is 16.5. The average molecular weight is 168 g/mol. The van der Waals surface area contributed by atoms with Gasteiger partial charge in [0.1, 0.15) is 5.76 Å². The number of methoxy groups -OCH3 is 1. The van der Waals surface area contributed by atoms with Crippen LogP contribution in [-0.2, 0) is 9.47 Å². The topological polar surface area (TPSA) is 18.5 Å². The Hall–Kier alpha value is -0.920. The molecule has 1 fully saturated rings. The normalized spacial score (nSPS) is 25.1. The van der Waals surface area contributed by atoms with Crippen molar-refractivity contribution in [1.82, 2.24) is 0 Å². The van der Waals surface area contributed by atoms with E-state index in [-0.39, 0.29) is 0 Å². The van der Waals surface area contributed by atoms with E-state index in [0.717, 1.165) is 31.0 Å². The van der Waals surface area contributed by atoms with E-state index >= 15 is 0 Å². The molecule has 0 bridgehead atoms. The maximum Gasteiger partial charge on any atom is 0.159 e. The molecular weight excluding hydrogens is 152 g/mol. The minimum atomic E-state index is 0.813. The molecule has 0 aliphatic carbocycles. The molecule has 2 heteroatoms. The lowest BCUT2D eigenvalue weighted by Gasteiger charge is -2.20. The van der Waals surface area contributed by atoms with Gasteiger partial charge >= 0.3 is 0 Å². The first-order chi connectivity index (χ1) is 5.79. The molecule has 2 nitrogen and oxygen atoms in total. The summed E-state index contributed by atoms with van der Waals surface area (Å²) in [5.74, 6) is 1.81. The smallest absolute Gasteiger partial charge is 0.159 e. The van der Waals surface area contributed by atoms with Crippen LogP contribution in [0.3, 0.4) is 0 Å². The predicted molar refractivity (Wildman–Crippen MR) is 48.7 cm³/mol. The first kappa shape index (κ1) is 9.17. The van der Waals surface area contributed by atoms with Gasteiger partial charge in [0.05, 0.1) is 13.7 Å². The van der Waals surface area contributed by atoms with Crippen LogP contribution in [0.5, 0.6) is 0 Å². The molecule has 12 heavy (non-hydrogen) atoms. The molecule has 0 atom stereocenters. The van der Waals surface area contributed by atoms with Crippen molar-refractivity contribution in [1.29, 1.82) is 0 Å². The van der Waals surface area contributed by atoms with Crippen LogP contribution < -0.4 is 0 Å². The van der Waals surface area contributed by atoms with Gasteiger partial charge in [0.2, 0.25) is 0 Å². The zero-order valence-electron chi connectivity index (χ0n) is 8.02. The molecule has 0 aromatic rings. The van der Waals surface area contributed by atoms with Crippen molar-refractivity contribution in [3.8, 4) is 0 Å². The van der Waals surface area contributed by atoms with E-state index in [1.54, 1.807) is 7.11 Å². The van der Waals surface area contributed by atoms with Crippen LogP contribution in [0, 0.1) is 0 Å². The maximum atomic E-state index is 5.52. The van der Waals surface area contributed by atoms with Crippen molar-refractivity contribution in [2.24, 2.45) is 0 Å². The summed E-state index contributed by atoms with van der Waals surface area (Å²) in [7, 11) is 1.67. The lowest BCUT2D eigenvalue weighted by Crippen LogP contribution is -2.08. The number of hydrogen-bond acceptors (Lipinski definition) is 2. The highest BCUT2D eigenvalue weighted by Crippen LogP contribution is 2.25. The standard InChI is InChI=1S/C10H16O2/c1-4-9-6-5-7-12-10(9)8(2)11-3/h4H,5-7H2,1-3H3/b9-4+,10-8-. The Bertz CT molecular complexity index is 211. The highest BCUT2D eigenvalue weighted by molar-refractivity contribution is 5.28. The second kappa shape index (κ2) is 4.19. The Morgan fingerprint density at radius 2 is 2.33 bits per heavy atom.